The highest BCUT2D eigenvalue weighted by Gasteiger charge is 2.39. The SMILES string of the molecule is CCCCSc1n[n+]2c(c(=O)[nH]1)-c1cc(Br)ccc1N[C@H]2c1cc(Br)ccc1OCC(=O)O. The Kier molecular flexibility index (Phi) is 7.40. The third-order valence-corrected chi connectivity index (χ3v) is 6.93. The van der Waals surface area contributed by atoms with E-state index in [4.69, 9.17) is 14.9 Å². The number of aromatic amines is 1. The lowest BCUT2D eigenvalue weighted by Crippen LogP contribution is -2.55. The molecular weight excluding hydrogens is 576 g/mol. The van der Waals surface area contributed by atoms with Crippen LogP contribution in [0.1, 0.15) is 31.5 Å². The quantitative estimate of drug-likeness (QED) is 0.198. The molecule has 33 heavy (non-hydrogen) atoms. The largest absolute Gasteiger partial charge is 0.481 e. The first-order chi connectivity index (χ1) is 15.9. The van der Waals surface area contributed by atoms with Gasteiger partial charge in [-0.25, -0.2) is 4.79 Å². The van der Waals surface area contributed by atoms with E-state index in [0.29, 0.717) is 27.7 Å². The van der Waals surface area contributed by atoms with Crippen LogP contribution in [0.4, 0.5) is 5.69 Å². The van der Waals surface area contributed by atoms with Crippen LogP contribution in [-0.4, -0.2) is 33.5 Å². The summed E-state index contributed by atoms with van der Waals surface area (Å²) >= 11 is 8.46. The van der Waals surface area contributed by atoms with Gasteiger partial charge in [-0.1, -0.05) is 57.0 Å². The summed E-state index contributed by atoms with van der Waals surface area (Å²) in [5, 5.41) is 17.8. The molecule has 1 atom stereocenters. The fourth-order valence-corrected chi connectivity index (χ4v) is 5.18. The first-order valence-electron chi connectivity index (χ1n) is 10.3. The fraction of sp³-hybridized carbons (Fsp3) is 0.273. The highest BCUT2D eigenvalue weighted by molar-refractivity contribution is 9.10. The molecule has 0 amide bonds. The second kappa shape index (κ2) is 10.3. The van der Waals surface area contributed by atoms with E-state index < -0.39 is 18.7 Å². The van der Waals surface area contributed by atoms with E-state index >= 15 is 0 Å². The number of hydrogen-bond donors (Lipinski definition) is 3. The van der Waals surface area contributed by atoms with Gasteiger partial charge in [-0.3, -0.25) is 9.78 Å². The molecular formula is C22H21Br2N4O4S+. The Morgan fingerprint density at radius 3 is 2.76 bits per heavy atom. The Balaban J connectivity index is 1.88. The molecule has 1 aliphatic heterocycles. The average molecular weight is 597 g/mol. The number of hydrogen-bond acceptors (Lipinski definition) is 6. The molecule has 11 heteroatoms. The maximum absolute atomic E-state index is 13.2. The number of nitrogens with one attached hydrogen (secondary N) is 2. The zero-order valence-corrected chi connectivity index (χ0v) is 21.6. The zero-order chi connectivity index (χ0) is 23.5. The Morgan fingerprint density at radius 2 is 2.00 bits per heavy atom. The molecule has 1 aromatic heterocycles. The van der Waals surface area contributed by atoms with Crippen LogP contribution >= 0.6 is 43.6 Å². The maximum atomic E-state index is 13.2. The molecule has 0 fully saturated rings. The number of unbranched alkanes of at least 4 members (excludes halogenated alkanes) is 1. The van der Waals surface area contributed by atoms with Crippen molar-refractivity contribution in [2.75, 3.05) is 17.7 Å². The molecule has 0 aliphatic carbocycles. The summed E-state index contributed by atoms with van der Waals surface area (Å²) in [7, 11) is 0. The van der Waals surface area contributed by atoms with Gasteiger partial charge in [-0.05, 0) is 47.5 Å². The lowest BCUT2D eigenvalue weighted by Gasteiger charge is -2.24. The Bertz CT molecular complexity index is 1270. The number of aliphatic carboxylic acids is 1. The van der Waals surface area contributed by atoms with Crippen molar-refractivity contribution in [1.82, 2.24) is 10.1 Å². The maximum Gasteiger partial charge on any atom is 0.341 e. The average Bonchev–Trinajstić information content (AvgIpc) is 2.77. The van der Waals surface area contributed by atoms with Gasteiger partial charge in [0.1, 0.15) is 5.75 Å². The van der Waals surface area contributed by atoms with Gasteiger partial charge < -0.3 is 15.2 Å². The number of thioether (sulfide) groups is 1. The van der Waals surface area contributed by atoms with Crippen molar-refractivity contribution in [1.29, 1.82) is 0 Å². The molecule has 4 rings (SSSR count). The number of carboxylic acids is 1. The second-order valence-corrected chi connectivity index (χ2v) is 10.3. The minimum Gasteiger partial charge on any atom is -0.481 e. The summed E-state index contributed by atoms with van der Waals surface area (Å²) in [6.07, 6.45) is 1.46. The van der Waals surface area contributed by atoms with Gasteiger partial charge in [0.25, 0.3) is 6.17 Å². The Labute approximate surface area is 211 Å². The summed E-state index contributed by atoms with van der Waals surface area (Å²) in [6.45, 7) is 1.63. The molecule has 0 unspecified atom stereocenters. The number of carbonyl (C=O) groups is 1. The van der Waals surface area contributed by atoms with Gasteiger partial charge in [0.2, 0.25) is 5.16 Å². The summed E-state index contributed by atoms with van der Waals surface area (Å²) in [5.41, 5.74) is 2.26. The van der Waals surface area contributed by atoms with Crippen molar-refractivity contribution in [3.05, 3.63) is 61.3 Å². The van der Waals surface area contributed by atoms with Crippen molar-refractivity contribution < 1.29 is 19.3 Å². The molecule has 172 valence electrons. The number of carboxylic acid groups (broad SMARTS) is 1. The van der Waals surface area contributed by atoms with Gasteiger partial charge in [0, 0.05) is 19.8 Å². The van der Waals surface area contributed by atoms with Crippen LogP contribution in [0.25, 0.3) is 11.3 Å². The number of benzene rings is 2. The Hall–Kier alpha value is -2.37. The van der Waals surface area contributed by atoms with E-state index in [1.807, 2.05) is 24.3 Å². The van der Waals surface area contributed by atoms with E-state index in [2.05, 4.69) is 49.1 Å². The first kappa shape index (κ1) is 23.8. The number of aromatic nitrogens is 3. The van der Waals surface area contributed by atoms with Gasteiger partial charge >= 0.3 is 17.2 Å². The predicted octanol–water partition coefficient (Wildman–Crippen LogP) is 4.58. The molecule has 3 N–H and O–H groups in total. The predicted molar refractivity (Wildman–Crippen MR) is 133 cm³/mol. The van der Waals surface area contributed by atoms with E-state index in [1.54, 1.807) is 16.8 Å². The third kappa shape index (κ3) is 5.25. The van der Waals surface area contributed by atoms with E-state index in [0.717, 1.165) is 33.2 Å². The van der Waals surface area contributed by atoms with Crippen molar-refractivity contribution in [2.45, 2.75) is 31.1 Å². The molecule has 0 radical (unpaired) electrons. The number of rotatable bonds is 8. The number of halogens is 2. The van der Waals surface area contributed by atoms with Gasteiger partial charge in [-0.15, -0.1) is 0 Å². The standard InChI is InChI=1S/C22H20Br2N4O4S/c1-2-3-8-33-22-26-21(31)19-14-9-12(23)4-6-16(14)25-20(28(19)27-22)15-10-13(24)5-7-17(15)32-11-18(29)30/h4-7,9-10,20H,2-3,8,11H2,1H3,(H2,26,27,29,30,31)/p+1/t20-/m1/s1. The highest BCUT2D eigenvalue weighted by Crippen LogP contribution is 2.37. The fourth-order valence-electron chi connectivity index (χ4n) is 3.50. The molecule has 2 heterocycles. The van der Waals surface area contributed by atoms with Crippen molar-refractivity contribution >= 4 is 55.3 Å². The van der Waals surface area contributed by atoms with Crippen LogP contribution in [0, 0.1) is 0 Å². The Morgan fingerprint density at radius 1 is 1.24 bits per heavy atom. The molecule has 0 saturated heterocycles. The molecule has 0 saturated carbocycles. The van der Waals surface area contributed by atoms with Crippen LogP contribution in [0.15, 0.2) is 55.3 Å². The third-order valence-electron chi connectivity index (χ3n) is 4.99. The number of nitrogens with zero attached hydrogens (tertiary/aromatic N) is 2. The van der Waals surface area contributed by atoms with Gasteiger partial charge in [0.05, 0.1) is 16.8 Å². The molecule has 0 spiro atoms. The molecule has 3 aromatic rings. The number of H-pyrrole nitrogens is 1. The van der Waals surface area contributed by atoms with Crippen molar-refractivity contribution in [3.63, 3.8) is 0 Å². The van der Waals surface area contributed by atoms with Crippen LogP contribution in [-0.2, 0) is 4.79 Å². The molecule has 2 aromatic carbocycles. The second-order valence-electron chi connectivity index (χ2n) is 7.36. The van der Waals surface area contributed by atoms with Gasteiger partial charge in [-0.2, -0.15) is 0 Å². The zero-order valence-electron chi connectivity index (χ0n) is 17.6. The summed E-state index contributed by atoms with van der Waals surface area (Å²) in [4.78, 5) is 27.3. The number of ether oxygens (including phenoxy) is 1. The minimum atomic E-state index is -1.08. The lowest BCUT2D eigenvalue weighted by molar-refractivity contribution is -0.759. The van der Waals surface area contributed by atoms with E-state index in [9.17, 15) is 9.59 Å². The van der Waals surface area contributed by atoms with Crippen LogP contribution in [0.5, 0.6) is 5.75 Å². The van der Waals surface area contributed by atoms with Crippen LogP contribution in [0.3, 0.4) is 0 Å². The smallest absolute Gasteiger partial charge is 0.341 e. The van der Waals surface area contributed by atoms with Crippen LogP contribution < -0.4 is 20.3 Å². The molecule has 1 aliphatic rings. The van der Waals surface area contributed by atoms with Crippen molar-refractivity contribution in [2.24, 2.45) is 0 Å². The summed E-state index contributed by atoms with van der Waals surface area (Å²) in [5.74, 6) is 0.148. The monoisotopic (exact) mass is 595 g/mol. The topological polar surface area (TPSA) is 108 Å². The lowest BCUT2D eigenvalue weighted by atomic mass is 10.0. The number of fused-ring (bicyclic) bond motifs is 3. The number of anilines is 1. The van der Waals surface area contributed by atoms with Crippen molar-refractivity contribution in [3.8, 4) is 17.0 Å². The summed E-state index contributed by atoms with van der Waals surface area (Å²) < 4.78 is 8.84. The molecule has 0 bridgehead atoms. The molecule has 8 nitrogen and oxygen atoms in total. The van der Waals surface area contributed by atoms with Crippen LogP contribution in [0.2, 0.25) is 0 Å². The van der Waals surface area contributed by atoms with E-state index in [1.165, 1.54) is 11.8 Å². The normalized spacial score (nSPS) is 14.2. The minimum absolute atomic E-state index is 0.252. The summed E-state index contributed by atoms with van der Waals surface area (Å²) in [6, 6.07) is 11.0. The van der Waals surface area contributed by atoms with E-state index in [-0.39, 0.29) is 5.56 Å². The first-order valence-corrected chi connectivity index (χ1v) is 12.8. The highest BCUT2D eigenvalue weighted by atomic mass is 79.9. The van der Waals surface area contributed by atoms with Gasteiger partial charge in [0.15, 0.2) is 6.61 Å².